The zero-order chi connectivity index (χ0) is 13.0. The zero-order valence-electron chi connectivity index (χ0n) is 10.3. The molecule has 1 atom stereocenters. The number of nitrogens with one attached hydrogen (secondary N) is 1. The summed E-state index contributed by atoms with van der Waals surface area (Å²) in [6.45, 7) is 2.59. The van der Waals surface area contributed by atoms with Crippen molar-refractivity contribution in [2.24, 2.45) is 5.92 Å². The van der Waals surface area contributed by atoms with Crippen LogP contribution in [0.4, 0.5) is 5.95 Å². The average molecular weight is 251 g/mol. The Morgan fingerprint density at radius 2 is 2.44 bits per heavy atom. The van der Waals surface area contributed by atoms with Crippen molar-refractivity contribution in [2.45, 2.75) is 32.2 Å². The number of hydrogen-bond donors (Lipinski definition) is 2. The van der Waals surface area contributed by atoms with Crippen LogP contribution in [0, 0.1) is 5.92 Å². The average Bonchev–Trinajstić information content (AvgIpc) is 3.18. The minimum atomic E-state index is -0.860. The number of aliphatic carboxylic acids is 1. The predicted molar refractivity (Wildman–Crippen MR) is 65.6 cm³/mol. The first kappa shape index (κ1) is 12.6. The van der Waals surface area contributed by atoms with Crippen molar-refractivity contribution in [1.29, 1.82) is 0 Å². The Labute approximate surface area is 105 Å². The van der Waals surface area contributed by atoms with E-state index >= 15 is 0 Å². The third-order valence-corrected chi connectivity index (χ3v) is 2.73. The molecule has 1 aromatic rings. The normalized spacial score (nSPS) is 16.1. The highest BCUT2D eigenvalue weighted by Gasteiger charge is 2.36. The molecule has 18 heavy (non-hydrogen) atoms. The highest BCUT2D eigenvalue weighted by atomic mass is 16.5. The summed E-state index contributed by atoms with van der Waals surface area (Å²) in [4.78, 5) is 19.2. The van der Waals surface area contributed by atoms with Crippen LogP contribution < -0.4 is 10.1 Å². The molecule has 1 aliphatic rings. The van der Waals surface area contributed by atoms with E-state index in [1.807, 2.05) is 6.92 Å². The van der Waals surface area contributed by atoms with E-state index in [4.69, 9.17) is 9.84 Å². The minimum absolute atomic E-state index is 0.186. The molecular weight excluding hydrogens is 234 g/mol. The number of carboxylic acid groups (broad SMARTS) is 1. The highest BCUT2D eigenvalue weighted by Crippen LogP contribution is 2.34. The van der Waals surface area contributed by atoms with E-state index in [0.717, 1.165) is 19.3 Å². The molecule has 6 nitrogen and oxygen atoms in total. The molecule has 1 heterocycles. The lowest BCUT2D eigenvalue weighted by molar-refractivity contribution is -0.138. The summed E-state index contributed by atoms with van der Waals surface area (Å²) in [5.41, 5.74) is 0. The number of carbonyl (C=O) groups is 1. The van der Waals surface area contributed by atoms with Gasteiger partial charge in [-0.15, -0.1) is 0 Å². The van der Waals surface area contributed by atoms with Crippen molar-refractivity contribution in [3.05, 3.63) is 12.3 Å². The van der Waals surface area contributed by atoms with Gasteiger partial charge in [0.05, 0.1) is 6.61 Å². The van der Waals surface area contributed by atoms with Crippen molar-refractivity contribution < 1.29 is 14.6 Å². The number of nitrogens with zero attached hydrogens (tertiary/aromatic N) is 2. The Bertz CT molecular complexity index is 421. The fourth-order valence-electron chi connectivity index (χ4n) is 1.65. The first-order valence-electron chi connectivity index (χ1n) is 6.16. The molecule has 0 amide bonds. The van der Waals surface area contributed by atoms with E-state index in [-0.39, 0.29) is 5.92 Å². The van der Waals surface area contributed by atoms with E-state index in [2.05, 4.69) is 15.3 Å². The van der Waals surface area contributed by atoms with Gasteiger partial charge in [0.25, 0.3) is 0 Å². The number of ether oxygens (including phenoxy) is 1. The van der Waals surface area contributed by atoms with Gasteiger partial charge in [0.1, 0.15) is 6.04 Å². The third-order valence-electron chi connectivity index (χ3n) is 2.73. The standard InChI is InChI=1S/C12H17N3O3/c1-2-7-18-9-5-6-13-12(14-9)15-10(11(16)17)8-3-4-8/h5-6,8,10H,2-4,7H2,1H3,(H,16,17)(H,13,14,15). The van der Waals surface area contributed by atoms with E-state index < -0.39 is 12.0 Å². The summed E-state index contributed by atoms with van der Waals surface area (Å²) in [5.74, 6) is 0.101. The lowest BCUT2D eigenvalue weighted by atomic mass is 10.2. The van der Waals surface area contributed by atoms with Gasteiger partial charge >= 0.3 is 5.97 Å². The van der Waals surface area contributed by atoms with Gasteiger partial charge in [-0.05, 0) is 25.2 Å². The Balaban J connectivity index is 2.01. The summed E-state index contributed by atoms with van der Waals surface area (Å²) < 4.78 is 5.38. The molecule has 1 fully saturated rings. The molecule has 1 aliphatic carbocycles. The molecule has 0 spiro atoms. The van der Waals surface area contributed by atoms with Crippen LogP contribution in [0.3, 0.4) is 0 Å². The van der Waals surface area contributed by atoms with Gasteiger partial charge in [-0.25, -0.2) is 9.78 Å². The van der Waals surface area contributed by atoms with E-state index in [1.54, 1.807) is 12.3 Å². The SMILES string of the molecule is CCCOc1ccnc(NC(C(=O)O)C2CC2)n1. The van der Waals surface area contributed by atoms with Crippen molar-refractivity contribution in [2.75, 3.05) is 11.9 Å². The van der Waals surface area contributed by atoms with Crippen molar-refractivity contribution in [1.82, 2.24) is 9.97 Å². The van der Waals surface area contributed by atoms with Gasteiger partial charge in [-0.3, -0.25) is 0 Å². The van der Waals surface area contributed by atoms with Gasteiger partial charge in [-0.1, -0.05) is 6.92 Å². The molecule has 2 rings (SSSR count). The van der Waals surface area contributed by atoms with Crippen LogP contribution >= 0.6 is 0 Å². The number of carboxylic acids is 1. The van der Waals surface area contributed by atoms with E-state index in [9.17, 15) is 4.79 Å². The van der Waals surface area contributed by atoms with Crippen molar-refractivity contribution >= 4 is 11.9 Å². The topological polar surface area (TPSA) is 84.3 Å². The molecule has 6 heteroatoms. The van der Waals surface area contributed by atoms with E-state index in [1.165, 1.54) is 0 Å². The maximum Gasteiger partial charge on any atom is 0.326 e. The predicted octanol–water partition coefficient (Wildman–Crippen LogP) is 1.54. The summed E-state index contributed by atoms with van der Waals surface area (Å²) >= 11 is 0. The summed E-state index contributed by atoms with van der Waals surface area (Å²) in [6, 6.07) is 1.06. The maximum atomic E-state index is 11.1. The number of hydrogen-bond acceptors (Lipinski definition) is 5. The smallest absolute Gasteiger partial charge is 0.326 e. The van der Waals surface area contributed by atoms with E-state index in [0.29, 0.717) is 18.4 Å². The molecule has 0 aromatic carbocycles. The molecule has 0 saturated heterocycles. The zero-order valence-corrected chi connectivity index (χ0v) is 10.3. The molecule has 98 valence electrons. The lowest BCUT2D eigenvalue weighted by Gasteiger charge is -2.13. The Hall–Kier alpha value is -1.85. The van der Waals surface area contributed by atoms with Crippen LogP contribution in [0.1, 0.15) is 26.2 Å². The molecule has 0 radical (unpaired) electrons. The van der Waals surface area contributed by atoms with Crippen molar-refractivity contribution in [3.63, 3.8) is 0 Å². The molecule has 1 unspecified atom stereocenters. The van der Waals surface area contributed by atoms with Crippen LogP contribution in [0.25, 0.3) is 0 Å². The molecule has 0 bridgehead atoms. The molecule has 2 N–H and O–H groups in total. The fourth-order valence-corrected chi connectivity index (χ4v) is 1.65. The molecular formula is C12H17N3O3. The Morgan fingerprint density at radius 1 is 1.67 bits per heavy atom. The second-order valence-corrected chi connectivity index (χ2v) is 4.36. The molecule has 0 aliphatic heterocycles. The van der Waals surface area contributed by atoms with Crippen LogP contribution in [0.15, 0.2) is 12.3 Å². The summed E-state index contributed by atoms with van der Waals surface area (Å²) in [7, 11) is 0. The first-order chi connectivity index (χ1) is 8.70. The Kier molecular flexibility index (Phi) is 3.96. The third kappa shape index (κ3) is 3.32. The van der Waals surface area contributed by atoms with Gasteiger partial charge in [0.15, 0.2) is 0 Å². The van der Waals surface area contributed by atoms with Crippen LogP contribution in [0.5, 0.6) is 5.88 Å². The van der Waals surface area contributed by atoms with Gasteiger partial charge in [0, 0.05) is 12.3 Å². The maximum absolute atomic E-state index is 11.1. The van der Waals surface area contributed by atoms with Crippen LogP contribution in [0.2, 0.25) is 0 Å². The summed E-state index contributed by atoms with van der Waals surface area (Å²) in [5, 5.41) is 12.0. The summed E-state index contributed by atoms with van der Waals surface area (Å²) in [6.07, 6.45) is 4.34. The van der Waals surface area contributed by atoms with Crippen LogP contribution in [-0.4, -0.2) is 33.7 Å². The minimum Gasteiger partial charge on any atom is -0.480 e. The van der Waals surface area contributed by atoms with Crippen molar-refractivity contribution in [3.8, 4) is 5.88 Å². The van der Waals surface area contributed by atoms with Gasteiger partial charge in [-0.2, -0.15) is 4.98 Å². The molecule has 1 aromatic heterocycles. The molecule has 1 saturated carbocycles. The quantitative estimate of drug-likeness (QED) is 0.764. The van der Waals surface area contributed by atoms with Gasteiger partial charge < -0.3 is 15.2 Å². The second kappa shape index (κ2) is 5.66. The van der Waals surface area contributed by atoms with Gasteiger partial charge in [0.2, 0.25) is 11.8 Å². The highest BCUT2D eigenvalue weighted by molar-refractivity contribution is 5.77. The largest absolute Gasteiger partial charge is 0.480 e. The first-order valence-corrected chi connectivity index (χ1v) is 6.16. The Morgan fingerprint density at radius 3 is 3.06 bits per heavy atom. The monoisotopic (exact) mass is 251 g/mol. The number of anilines is 1. The second-order valence-electron chi connectivity index (χ2n) is 4.36. The van der Waals surface area contributed by atoms with Crippen LogP contribution in [-0.2, 0) is 4.79 Å². The number of aromatic nitrogens is 2. The lowest BCUT2D eigenvalue weighted by Crippen LogP contribution is -2.32. The fraction of sp³-hybridized carbons (Fsp3) is 0.583. The number of rotatable bonds is 7.